The Bertz CT molecular complexity index is 1060. The highest BCUT2D eigenvalue weighted by atomic mass is 35.5. The van der Waals surface area contributed by atoms with Crippen LogP contribution >= 0.6 is 11.6 Å². The number of hydrogen-bond acceptors (Lipinski definition) is 3. The summed E-state index contributed by atoms with van der Waals surface area (Å²) in [7, 11) is -3.26. The third kappa shape index (κ3) is 3.64. The summed E-state index contributed by atoms with van der Waals surface area (Å²) in [6.07, 6.45) is 3.07. The van der Waals surface area contributed by atoms with Crippen LogP contribution in [0.15, 0.2) is 52.9 Å². The third-order valence-corrected chi connectivity index (χ3v) is 5.65. The van der Waals surface area contributed by atoms with E-state index in [4.69, 9.17) is 11.6 Å². The predicted octanol–water partition coefficient (Wildman–Crippen LogP) is 4.71. The average molecular weight is 391 g/mol. The van der Waals surface area contributed by atoms with Crippen molar-refractivity contribution >= 4 is 43.9 Å². The SMILES string of the molecule is CC1=C(CC(=O)Cl)c2cc(F)ccc2/C1=C/c1ccc(S(C)(=O)=O)cc1. The fraction of sp³-hybridized carbons (Fsp3) is 0.150. The monoisotopic (exact) mass is 390 g/mol. The average Bonchev–Trinajstić information content (AvgIpc) is 2.79. The molecule has 0 radical (unpaired) electrons. The van der Waals surface area contributed by atoms with Crippen molar-refractivity contribution in [3.8, 4) is 0 Å². The van der Waals surface area contributed by atoms with Gasteiger partial charge in [0.05, 0.1) is 4.90 Å². The molecule has 2 aromatic carbocycles. The fourth-order valence-corrected chi connectivity index (χ4v) is 3.86. The number of sulfone groups is 1. The smallest absolute Gasteiger partial charge is 0.226 e. The Hall–Kier alpha value is -2.24. The molecule has 2 aromatic rings. The minimum Gasteiger partial charge on any atom is -0.281 e. The van der Waals surface area contributed by atoms with Crippen molar-refractivity contribution in [3.05, 3.63) is 70.5 Å². The zero-order valence-corrected chi connectivity index (χ0v) is 15.8. The van der Waals surface area contributed by atoms with Gasteiger partial charge in [-0.1, -0.05) is 18.2 Å². The number of carbonyl (C=O) groups is 1. The topological polar surface area (TPSA) is 51.2 Å². The Labute approximate surface area is 156 Å². The quantitative estimate of drug-likeness (QED) is 0.710. The Balaban J connectivity index is 2.11. The number of allylic oxidation sites excluding steroid dienone is 3. The van der Waals surface area contributed by atoms with Gasteiger partial charge in [0.15, 0.2) is 9.84 Å². The lowest BCUT2D eigenvalue weighted by Crippen LogP contribution is -1.96. The summed E-state index contributed by atoms with van der Waals surface area (Å²) in [6.45, 7) is 1.86. The van der Waals surface area contributed by atoms with Gasteiger partial charge in [0.1, 0.15) is 5.82 Å². The maximum atomic E-state index is 13.7. The van der Waals surface area contributed by atoms with Gasteiger partial charge >= 0.3 is 0 Å². The number of halogens is 2. The van der Waals surface area contributed by atoms with Crippen molar-refractivity contribution in [2.24, 2.45) is 0 Å². The van der Waals surface area contributed by atoms with Crippen molar-refractivity contribution in [1.29, 1.82) is 0 Å². The standard InChI is InChI=1S/C20H16ClFO3S/c1-12-17(9-13-3-6-15(7-4-13)26(2,24)25)16-8-5-14(22)10-19(16)18(12)11-20(21)23/h3-10H,11H2,1-2H3/b17-9+. The van der Waals surface area contributed by atoms with Crippen LogP contribution in [-0.4, -0.2) is 19.9 Å². The molecule has 134 valence electrons. The van der Waals surface area contributed by atoms with Gasteiger partial charge < -0.3 is 0 Å². The Morgan fingerprint density at radius 2 is 1.77 bits per heavy atom. The molecule has 0 amide bonds. The second-order valence-electron chi connectivity index (χ2n) is 6.22. The number of rotatable bonds is 4. The van der Waals surface area contributed by atoms with Crippen molar-refractivity contribution in [3.63, 3.8) is 0 Å². The molecule has 26 heavy (non-hydrogen) atoms. The van der Waals surface area contributed by atoms with Gasteiger partial charge in [0.25, 0.3) is 0 Å². The van der Waals surface area contributed by atoms with Gasteiger partial charge in [-0.25, -0.2) is 12.8 Å². The molecular weight excluding hydrogens is 375 g/mol. The van der Waals surface area contributed by atoms with Crippen LogP contribution in [0.4, 0.5) is 4.39 Å². The second kappa shape index (κ2) is 6.82. The van der Waals surface area contributed by atoms with Gasteiger partial charge in [-0.2, -0.15) is 0 Å². The second-order valence-corrected chi connectivity index (χ2v) is 8.66. The van der Waals surface area contributed by atoms with Crippen molar-refractivity contribution in [2.45, 2.75) is 18.2 Å². The summed E-state index contributed by atoms with van der Waals surface area (Å²) in [6, 6.07) is 11.0. The van der Waals surface area contributed by atoms with Gasteiger partial charge in [-0.15, -0.1) is 0 Å². The molecule has 0 spiro atoms. The van der Waals surface area contributed by atoms with E-state index in [0.717, 1.165) is 28.5 Å². The lowest BCUT2D eigenvalue weighted by molar-refractivity contribution is -0.110. The van der Waals surface area contributed by atoms with Crippen LogP contribution in [0.5, 0.6) is 0 Å². The van der Waals surface area contributed by atoms with Crippen molar-refractivity contribution < 1.29 is 17.6 Å². The molecule has 0 atom stereocenters. The van der Waals surface area contributed by atoms with Gasteiger partial charge in [-0.3, -0.25) is 4.79 Å². The molecular formula is C20H16ClFO3S. The molecule has 0 saturated carbocycles. The number of hydrogen-bond donors (Lipinski definition) is 0. The summed E-state index contributed by atoms with van der Waals surface area (Å²) in [5.41, 5.74) is 4.71. The van der Waals surface area contributed by atoms with Crippen LogP contribution < -0.4 is 0 Å². The molecule has 3 rings (SSSR count). The molecule has 3 nitrogen and oxygen atoms in total. The highest BCUT2D eigenvalue weighted by Gasteiger charge is 2.25. The Kier molecular flexibility index (Phi) is 4.86. The molecule has 0 saturated heterocycles. The molecule has 0 unspecified atom stereocenters. The fourth-order valence-electron chi connectivity index (χ4n) is 3.10. The first-order valence-corrected chi connectivity index (χ1v) is 10.1. The highest BCUT2D eigenvalue weighted by molar-refractivity contribution is 7.90. The summed E-state index contributed by atoms with van der Waals surface area (Å²) >= 11 is 5.55. The minimum atomic E-state index is -3.26. The zero-order chi connectivity index (χ0) is 19.1. The van der Waals surface area contributed by atoms with Crippen LogP contribution in [0.2, 0.25) is 0 Å². The molecule has 1 aliphatic rings. The molecule has 0 fully saturated rings. The molecule has 0 bridgehead atoms. The van der Waals surface area contributed by atoms with E-state index in [2.05, 4.69) is 0 Å². The lowest BCUT2D eigenvalue weighted by Gasteiger charge is -2.05. The van der Waals surface area contributed by atoms with Gasteiger partial charge in [0.2, 0.25) is 5.24 Å². The van der Waals surface area contributed by atoms with Crippen LogP contribution in [0.3, 0.4) is 0 Å². The van der Waals surface area contributed by atoms with Crippen LogP contribution in [0.1, 0.15) is 30.0 Å². The molecule has 1 aliphatic carbocycles. The van der Waals surface area contributed by atoms with E-state index in [1.54, 1.807) is 30.3 Å². The largest absolute Gasteiger partial charge is 0.281 e. The maximum absolute atomic E-state index is 13.7. The van der Waals surface area contributed by atoms with E-state index in [1.165, 1.54) is 12.1 Å². The molecule has 0 aliphatic heterocycles. The molecule has 0 N–H and O–H groups in total. The van der Waals surface area contributed by atoms with Crippen molar-refractivity contribution in [2.75, 3.05) is 6.26 Å². The predicted molar refractivity (Wildman–Crippen MR) is 102 cm³/mol. The molecule has 0 heterocycles. The Morgan fingerprint density at radius 1 is 1.12 bits per heavy atom. The van der Waals surface area contributed by atoms with E-state index in [1.807, 2.05) is 13.0 Å². The normalized spacial score (nSPS) is 15.5. The van der Waals surface area contributed by atoms with E-state index in [9.17, 15) is 17.6 Å². The maximum Gasteiger partial charge on any atom is 0.226 e. The minimum absolute atomic E-state index is 0.0220. The highest BCUT2D eigenvalue weighted by Crippen LogP contribution is 2.44. The van der Waals surface area contributed by atoms with Crippen LogP contribution in [-0.2, 0) is 14.6 Å². The van der Waals surface area contributed by atoms with Gasteiger partial charge in [0, 0.05) is 12.7 Å². The number of benzene rings is 2. The van der Waals surface area contributed by atoms with Crippen LogP contribution in [0, 0.1) is 5.82 Å². The first kappa shape index (κ1) is 18.5. The summed E-state index contributed by atoms with van der Waals surface area (Å²) < 4.78 is 36.9. The summed E-state index contributed by atoms with van der Waals surface area (Å²) in [5, 5.41) is -0.506. The third-order valence-electron chi connectivity index (χ3n) is 4.39. The molecule has 6 heteroatoms. The first-order chi connectivity index (χ1) is 12.2. The van der Waals surface area contributed by atoms with Crippen LogP contribution in [0.25, 0.3) is 17.2 Å². The Morgan fingerprint density at radius 3 is 2.35 bits per heavy atom. The first-order valence-electron chi connectivity index (χ1n) is 7.87. The number of fused-ring (bicyclic) bond motifs is 1. The van der Waals surface area contributed by atoms with Gasteiger partial charge in [-0.05, 0) is 82.3 Å². The van der Waals surface area contributed by atoms with E-state index < -0.39 is 15.1 Å². The zero-order valence-electron chi connectivity index (χ0n) is 14.2. The number of carbonyl (C=O) groups excluding carboxylic acids is 1. The summed E-state index contributed by atoms with van der Waals surface area (Å²) in [4.78, 5) is 11.6. The van der Waals surface area contributed by atoms with Crippen molar-refractivity contribution in [1.82, 2.24) is 0 Å². The van der Waals surface area contributed by atoms with E-state index in [-0.39, 0.29) is 17.1 Å². The van der Waals surface area contributed by atoms with E-state index >= 15 is 0 Å². The lowest BCUT2D eigenvalue weighted by atomic mass is 10.0. The molecule has 0 aromatic heterocycles. The summed E-state index contributed by atoms with van der Waals surface area (Å²) in [5.74, 6) is -0.380. The van der Waals surface area contributed by atoms with E-state index in [0.29, 0.717) is 11.1 Å².